The first-order chi connectivity index (χ1) is 7.15. The van der Waals surface area contributed by atoms with Crippen LogP contribution in [0.15, 0.2) is 12.3 Å². The number of aliphatic hydroxyl groups excluding tert-OH is 1. The number of rotatable bonds is 5. The molecule has 1 aromatic heterocycles. The molecule has 0 aliphatic rings. The fourth-order valence-corrected chi connectivity index (χ4v) is 1.20. The van der Waals surface area contributed by atoms with E-state index in [0.717, 1.165) is 0 Å². The second-order valence-electron chi connectivity index (χ2n) is 2.86. The highest BCUT2D eigenvalue weighted by Gasteiger charge is 2.07. The van der Waals surface area contributed by atoms with E-state index in [1.165, 1.54) is 12.3 Å². The molecule has 0 radical (unpaired) electrons. The minimum Gasteiger partial charge on any atom is -0.478 e. The summed E-state index contributed by atoms with van der Waals surface area (Å²) in [4.78, 5) is 14.4. The van der Waals surface area contributed by atoms with E-state index in [2.05, 4.69) is 10.3 Å². The highest BCUT2D eigenvalue weighted by molar-refractivity contribution is 6.33. The fraction of sp³-hybridized carbons (Fsp3) is 0.333. The van der Waals surface area contributed by atoms with Gasteiger partial charge in [-0.2, -0.15) is 0 Å². The Morgan fingerprint density at radius 1 is 1.60 bits per heavy atom. The first-order valence-corrected chi connectivity index (χ1v) is 4.76. The lowest BCUT2D eigenvalue weighted by atomic mass is 10.3. The second-order valence-corrected chi connectivity index (χ2v) is 3.27. The lowest BCUT2D eigenvalue weighted by molar-refractivity contribution is 0.0696. The zero-order valence-corrected chi connectivity index (χ0v) is 8.66. The Morgan fingerprint density at radius 2 is 2.33 bits per heavy atom. The second kappa shape index (κ2) is 5.53. The number of hydrogen-bond acceptors (Lipinski definition) is 4. The number of hydrogen-bond donors (Lipinski definition) is 3. The number of carboxylic acids is 1. The van der Waals surface area contributed by atoms with Crippen LogP contribution in [-0.2, 0) is 0 Å². The predicted octanol–water partition coefficient (Wildman–Crippen LogP) is 1.23. The number of anilines is 1. The average molecular weight is 231 g/mol. The molecule has 1 aromatic rings. The third-order valence-electron chi connectivity index (χ3n) is 1.72. The molecule has 0 aliphatic heterocycles. The Labute approximate surface area is 91.7 Å². The molecule has 6 heteroatoms. The topological polar surface area (TPSA) is 82.5 Å². The monoisotopic (exact) mass is 230 g/mol. The van der Waals surface area contributed by atoms with Crippen molar-refractivity contribution in [1.82, 2.24) is 4.98 Å². The van der Waals surface area contributed by atoms with Crippen molar-refractivity contribution in [2.24, 2.45) is 0 Å². The summed E-state index contributed by atoms with van der Waals surface area (Å²) in [6.07, 6.45) is 1.81. The molecule has 5 nitrogen and oxygen atoms in total. The Kier molecular flexibility index (Phi) is 4.33. The van der Waals surface area contributed by atoms with Crippen molar-refractivity contribution in [3.05, 3.63) is 22.8 Å². The summed E-state index contributed by atoms with van der Waals surface area (Å²) in [5.41, 5.74) is 0.0488. The number of nitrogens with zero attached hydrogens (tertiary/aromatic N) is 1. The molecule has 1 rings (SSSR count). The van der Waals surface area contributed by atoms with Crippen molar-refractivity contribution in [2.75, 3.05) is 18.5 Å². The maximum atomic E-state index is 10.6. The van der Waals surface area contributed by atoms with Gasteiger partial charge in [0.05, 0.1) is 10.6 Å². The number of carboxylic acid groups (broad SMARTS) is 1. The lowest BCUT2D eigenvalue weighted by Gasteiger charge is -2.06. The zero-order valence-electron chi connectivity index (χ0n) is 7.90. The van der Waals surface area contributed by atoms with Crippen LogP contribution >= 0.6 is 11.6 Å². The number of aromatic nitrogens is 1. The number of carbonyl (C=O) groups is 1. The third kappa shape index (κ3) is 3.38. The zero-order chi connectivity index (χ0) is 11.3. The number of aromatic carboxylic acids is 1. The van der Waals surface area contributed by atoms with Crippen LogP contribution in [0.1, 0.15) is 16.8 Å². The molecule has 0 bridgehead atoms. The summed E-state index contributed by atoms with van der Waals surface area (Å²) in [6, 6.07) is 1.33. The van der Waals surface area contributed by atoms with Gasteiger partial charge in [-0.1, -0.05) is 11.6 Å². The SMILES string of the molecule is O=C(O)c1cnc(NCCCO)c(Cl)c1. The fourth-order valence-electron chi connectivity index (χ4n) is 0.971. The lowest BCUT2D eigenvalue weighted by Crippen LogP contribution is -2.06. The van der Waals surface area contributed by atoms with E-state index >= 15 is 0 Å². The Morgan fingerprint density at radius 3 is 2.87 bits per heavy atom. The molecular formula is C9H11ClN2O3. The van der Waals surface area contributed by atoms with Crippen LogP contribution in [0.3, 0.4) is 0 Å². The molecule has 0 aromatic carbocycles. The summed E-state index contributed by atoms with van der Waals surface area (Å²) >= 11 is 5.80. The number of aliphatic hydroxyl groups is 1. The van der Waals surface area contributed by atoms with Crippen molar-refractivity contribution in [1.29, 1.82) is 0 Å². The smallest absolute Gasteiger partial charge is 0.337 e. The first kappa shape index (κ1) is 11.7. The van der Waals surface area contributed by atoms with Crippen molar-refractivity contribution in [3.63, 3.8) is 0 Å². The van der Waals surface area contributed by atoms with Gasteiger partial charge in [0.2, 0.25) is 0 Å². The maximum Gasteiger partial charge on any atom is 0.337 e. The molecule has 82 valence electrons. The Balaban J connectivity index is 2.70. The summed E-state index contributed by atoms with van der Waals surface area (Å²) in [5, 5.41) is 20.4. The van der Waals surface area contributed by atoms with Crippen molar-refractivity contribution >= 4 is 23.4 Å². The van der Waals surface area contributed by atoms with E-state index in [4.69, 9.17) is 21.8 Å². The Hall–Kier alpha value is -1.33. The minimum atomic E-state index is -1.06. The average Bonchev–Trinajstić information content (AvgIpc) is 2.20. The number of halogens is 1. The van der Waals surface area contributed by atoms with Gasteiger partial charge < -0.3 is 15.5 Å². The van der Waals surface area contributed by atoms with Crippen LogP contribution in [0.4, 0.5) is 5.82 Å². The van der Waals surface area contributed by atoms with E-state index in [1.54, 1.807) is 0 Å². The van der Waals surface area contributed by atoms with Gasteiger partial charge in [0.1, 0.15) is 5.82 Å². The van der Waals surface area contributed by atoms with E-state index in [-0.39, 0.29) is 17.2 Å². The molecule has 3 N–H and O–H groups in total. The summed E-state index contributed by atoms with van der Waals surface area (Å²) in [7, 11) is 0. The highest BCUT2D eigenvalue weighted by atomic mass is 35.5. The van der Waals surface area contributed by atoms with Crippen LogP contribution in [0.5, 0.6) is 0 Å². The quantitative estimate of drug-likeness (QED) is 0.663. The molecule has 0 fully saturated rings. The summed E-state index contributed by atoms with van der Waals surface area (Å²) in [6.45, 7) is 0.619. The van der Waals surface area contributed by atoms with Gasteiger partial charge in [-0.05, 0) is 12.5 Å². The van der Waals surface area contributed by atoms with Crippen LogP contribution in [0, 0.1) is 0 Å². The van der Waals surface area contributed by atoms with E-state index in [9.17, 15) is 4.79 Å². The van der Waals surface area contributed by atoms with Gasteiger partial charge in [0.25, 0.3) is 0 Å². The van der Waals surface area contributed by atoms with E-state index < -0.39 is 5.97 Å². The summed E-state index contributed by atoms with van der Waals surface area (Å²) < 4.78 is 0. The number of pyridine rings is 1. The van der Waals surface area contributed by atoms with E-state index in [0.29, 0.717) is 18.8 Å². The molecule has 1 heterocycles. The predicted molar refractivity (Wildman–Crippen MR) is 56.4 cm³/mol. The molecule has 0 amide bonds. The van der Waals surface area contributed by atoms with E-state index in [1.807, 2.05) is 0 Å². The van der Waals surface area contributed by atoms with Crippen LogP contribution in [0.2, 0.25) is 5.02 Å². The molecule has 0 saturated carbocycles. The molecule has 0 unspecified atom stereocenters. The van der Waals surface area contributed by atoms with Gasteiger partial charge in [-0.3, -0.25) is 0 Å². The Bertz CT molecular complexity index is 357. The van der Waals surface area contributed by atoms with Crippen molar-refractivity contribution in [3.8, 4) is 0 Å². The van der Waals surface area contributed by atoms with Crippen molar-refractivity contribution in [2.45, 2.75) is 6.42 Å². The highest BCUT2D eigenvalue weighted by Crippen LogP contribution is 2.19. The van der Waals surface area contributed by atoms with Gasteiger partial charge in [0.15, 0.2) is 0 Å². The first-order valence-electron chi connectivity index (χ1n) is 4.38. The molecule has 0 aliphatic carbocycles. The molecular weight excluding hydrogens is 220 g/mol. The minimum absolute atomic E-state index is 0.0488. The van der Waals surface area contributed by atoms with Gasteiger partial charge in [-0.25, -0.2) is 9.78 Å². The van der Waals surface area contributed by atoms with Crippen LogP contribution in [0.25, 0.3) is 0 Å². The van der Waals surface area contributed by atoms with Gasteiger partial charge in [0, 0.05) is 19.3 Å². The maximum absolute atomic E-state index is 10.6. The van der Waals surface area contributed by atoms with Gasteiger partial charge in [-0.15, -0.1) is 0 Å². The molecule has 0 atom stereocenters. The molecule has 0 spiro atoms. The third-order valence-corrected chi connectivity index (χ3v) is 2.00. The normalized spacial score (nSPS) is 10.0. The van der Waals surface area contributed by atoms with Crippen LogP contribution in [-0.4, -0.2) is 34.3 Å². The summed E-state index contributed by atoms with van der Waals surface area (Å²) in [5.74, 6) is -0.638. The standard InChI is InChI=1S/C9H11ClN2O3/c10-7-4-6(9(14)15)5-12-8(7)11-2-1-3-13/h4-5,13H,1-3H2,(H,11,12)(H,14,15). The molecule has 0 saturated heterocycles. The number of nitrogens with one attached hydrogen (secondary N) is 1. The molecule has 15 heavy (non-hydrogen) atoms. The van der Waals surface area contributed by atoms with Crippen molar-refractivity contribution < 1.29 is 15.0 Å². The van der Waals surface area contributed by atoms with Crippen LogP contribution < -0.4 is 5.32 Å². The van der Waals surface area contributed by atoms with Gasteiger partial charge >= 0.3 is 5.97 Å². The largest absolute Gasteiger partial charge is 0.478 e.